The molecule has 0 bridgehead atoms. The van der Waals surface area contributed by atoms with Gasteiger partial charge in [-0.05, 0) is 60.7 Å². The zero-order valence-electron chi connectivity index (χ0n) is 20.2. The summed E-state index contributed by atoms with van der Waals surface area (Å²) >= 11 is 0. The number of ether oxygens (including phenoxy) is 1. The van der Waals surface area contributed by atoms with Crippen molar-refractivity contribution in [2.45, 2.75) is 51.1 Å². The maximum Gasteiger partial charge on any atom is 0.255 e. The summed E-state index contributed by atoms with van der Waals surface area (Å²) in [6.07, 6.45) is 1.11. The number of carbonyl (C=O) groups excluding carboxylic acids is 1. The van der Waals surface area contributed by atoms with Crippen LogP contribution in [-0.2, 0) is 16.8 Å². The van der Waals surface area contributed by atoms with Gasteiger partial charge >= 0.3 is 0 Å². The van der Waals surface area contributed by atoms with Crippen molar-refractivity contribution >= 4 is 5.91 Å². The number of primary amides is 1. The summed E-state index contributed by atoms with van der Waals surface area (Å²) in [4.78, 5) is 16.3. The number of nitrogens with two attached hydrogens (primary N) is 1. The summed E-state index contributed by atoms with van der Waals surface area (Å²) in [5.41, 5.74) is 8.79. The standard InChI is InChI=1S/C27H36FN3O2/c1-27(2,3)20-8-5-19(25(13-20)33-17-26(29)32)14-31-12-11-24-23(16-31)22(15-30(24)4)18-6-9-21(28)10-7-18/h5-10,13,22-24H,11-12,14-17H2,1-4H3,(H2,29,32)/t22-,23-,24-/m0/s1. The van der Waals surface area contributed by atoms with Crippen molar-refractivity contribution in [3.05, 3.63) is 65.0 Å². The number of fused-ring (bicyclic) bond motifs is 1. The van der Waals surface area contributed by atoms with E-state index in [1.807, 2.05) is 12.1 Å². The van der Waals surface area contributed by atoms with Crippen molar-refractivity contribution in [1.82, 2.24) is 9.80 Å². The number of halogens is 1. The third-order valence-electron chi connectivity index (χ3n) is 7.27. The number of hydrogen-bond acceptors (Lipinski definition) is 4. The van der Waals surface area contributed by atoms with Crippen LogP contribution in [0.1, 0.15) is 49.8 Å². The van der Waals surface area contributed by atoms with E-state index in [0.29, 0.717) is 17.9 Å². The van der Waals surface area contributed by atoms with Crippen LogP contribution in [0, 0.1) is 11.7 Å². The molecule has 4 rings (SSSR count). The first-order valence-corrected chi connectivity index (χ1v) is 11.8. The molecule has 33 heavy (non-hydrogen) atoms. The molecule has 6 heteroatoms. The Bertz CT molecular complexity index is 986. The molecule has 2 heterocycles. The number of likely N-dealkylation sites (tertiary alicyclic amines) is 2. The van der Waals surface area contributed by atoms with Gasteiger partial charge in [0.25, 0.3) is 5.91 Å². The van der Waals surface area contributed by atoms with E-state index >= 15 is 0 Å². The maximum absolute atomic E-state index is 13.5. The van der Waals surface area contributed by atoms with Gasteiger partial charge in [0.15, 0.2) is 6.61 Å². The maximum atomic E-state index is 13.5. The van der Waals surface area contributed by atoms with Crippen molar-refractivity contribution in [3.63, 3.8) is 0 Å². The van der Waals surface area contributed by atoms with Crippen LogP contribution < -0.4 is 10.5 Å². The minimum atomic E-state index is -0.473. The van der Waals surface area contributed by atoms with Gasteiger partial charge in [-0.15, -0.1) is 0 Å². The van der Waals surface area contributed by atoms with Crippen molar-refractivity contribution in [2.24, 2.45) is 11.7 Å². The molecule has 0 unspecified atom stereocenters. The second-order valence-corrected chi connectivity index (χ2v) is 10.7. The lowest BCUT2D eigenvalue weighted by Crippen LogP contribution is -2.45. The first-order valence-electron chi connectivity index (χ1n) is 11.8. The van der Waals surface area contributed by atoms with Crippen LogP contribution in [0.5, 0.6) is 5.75 Å². The van der Waals surface area contributed by atoms with Gasteiger partial charge in [-0.1, -0.05) is 45.0 Å². The lowest BCUT2D eigenvalue weighted by atomic mass is 9.81. The number of piperidine rings is 1. The van der Waals surface area contributed by atoms with Gasteiger partial charge in [-0.25, -0.2) is 4.39 Å². The second-order valence-electron chi connectivity index (χ2n) is 10.7. The Balaban J connectivity index is 1.53. The highest BCUT2D eigenvalue weighted by Gasteiger charge is 2.43. The van der Waals surface area contributed by atoms with Gasteiger partial charge in [-0.3, -0.25) is 9.69 Å². The molecule has 0 spiro atoms. The molecular weight excluding hydrogens is 417 g/mol. The summed E-state index contributed by atoms with van der Waals surface area (Å²) in [6.45, 7) is 10.1. The largest absolute Gasteiger partial charge is 0.483 e. The van der Waals surface area contributed by atoms with Crippen molar-refractivity contribution in [2.75, 3.05) is 33.3 Å². The van der Waals surface area contributed by atoms with E-state index in [9.17, 15) is 9.18 Å². The Labute approximate surface area is 196 Å². The van der Waals surface area contributed by atoms with Crippen LogP contribution in [0.25, 0.3) is 0 Å². The molecule has 1 amide bonds. The molecule has 3 atom stereocenters. The van der Waals surface area contributed by atoms with E-state index in [1.54, 1.807) is 12.1 Å². The molecule has 5 nitrogen and oxygen atoms in total. The molecule has 2 saturated heterocycles. The van der Waals surface area contributed by atoms with Crippen molar-refractivity contribution in [3.8, 4) is 5.75 Å². The zero-order chi connectivity index (χ0) is 23.8. The first kappa shape index (κ1) is 23.7. The molecule has 0 aromatic heterocycles. The normalized spacial score (nSPS) is 24.0. The Hall–Kier alpha value is -2.44. The predicted octanol–water partition coefficient (Wildman–Crippen LogP) is 3.91. The van der Waals surface area contributed by atoms with Gasteiger partial charge in [0.2, 0.25) is 0 Å². The minimum Gasteiger partial charge on any atom is -0.483 e. The number of amides is 1. The number of rotatable bonds is 6. The van der Waals surface area contributed by atoms with Crippen LogP contribution in [0.4, 0.5) is 4.39 Å². The fourth-order valence-corrected chi connectivity index (χ4v) is 5.45. The third-order valence-corrected chi connectivity index (χ3v) is 7.27. The van der Waals surface area contributed by atoms with E-state index in [0.717, 1.165) is 43.9 Å². The lowest BCUT2D eigenvalue weighted by molar-refractivity contribution is -0.119. The van der Waals surface area contributed by atoms with Gasteiger partial charge in [0, 0.05) is 37.2 Å². The fourth-order valence-electron chi connectivity index (χ4n) is 5.45. The molecule has 2 N–H and O–H groups in total. The lowest BCUT2D eigenvalue weighted by Gasteiger charge is -2.38. The van der Waals surface area contributed by atoms with Crippen LogP contribution >= 0.6 is 0 Å². The van der Waals surface area contributed by atoms with E-state index in [4.69, 9.17) is 10.5 Å². The van der Waals surface area contributed by atoms with Crippen LogP contribution in [0.2, 0.25) is 0 Å². The Morgan fingerprint density at radius 1 is 1.15 bits per heavy atom. The smallest absolute Gasteiger partial charge is 0.255 e. The molecule has 2 aliphatic heterocycles. The van der Waals surface area contributed by atoms with Gasteiger partial charge in [0.05, 0.1) is 0 Å². The van der Waals surface area contributed by atoms with Crippen LogP contribution in [0.3, 0.4) is 0 Å². The molecule has 2 aromatic carbocycles. The molecule has 0 saturated carbocycles. The van der Waals surface area contributed by atoms with Gasteiger partial charge < -0.3 is 15.4 Å². The molecule has 2 aromatic rings. The fraction of sp³-hybridized carbons (Fsp3) is 0.519. The summed E-state index contributed by atoms with van der Waals surface area (Å²) < 4.78 is 19.3. The van der Waals surface area contributed by atoms with E-state index in [2.05, 4.69) is 55.8 Å². The SMILES string of the molecule is CN1C[C@@H](c2ccc(F)cc2)[C@@H]2CN(Cc3ccc(C(C)(C)C)cc3OCC(N)=O)CC[C@@H]21. The Kier molecular flexibility index (Phi) is 6.78. The second kappa shape index (κ2) is 9.43. The molecule has 0 aliphatic carbocycles. The minimum absolute atomic E-state index is 0.0154. The highest BCUT2D eigenvalue weighted by atomic mass is 19.1. The number of likely N-dealkylation sites (N-methyl/N-ethyl adjacent to an activating group) is 1. The molecule has 178 valence electrons. The average molecular weight is 454 g/mol. The monoisotopic (exact) mass is 453 g/mol. The number of hydrogen-bond donors (Lipinski definition) is 1. The van der Waals surface area contributed by atoms with Crippen molar-refractivity contribution in [1.29, 1.82) is 0 Å². The van der Waals surface area contributed by atoms with E-state index in [1.165, 1.54) is 11.1 Å². The van der Waals surface area contributed by atoms with Crippen molar-refractivity contribution < 1.29 is 13.9 Å². The van der Waals surface area contributed by atoms with E-state index < -0.39 is 5.91 Å². The number of nitrogens with zero attached hydrogens (tertiary/aromatic N) is 2. The quantitative estimate of drug-likeness (QED) is 0.721. The van der Waals surface area contributed by atoms with Crippen LogP contribution in [-0.4, -0.2) is 55.0 Å². The molecule has 2 fully saturated rings. The molecule has 0 radical (unpaired) electrons. The van der Waals surface area contributed by atoms with Gasteiger partial charge in [0.1, 0.15) is 11.6 Å². The zero-order valence-corrected chi connectivity index (χ0v) is 20.2. The highest BCUT2D eigenvalue weighted by Crippen LogP contribution is 2.41. The topological polar surface area (TPSA) is 58.8 Å². The summed E-state index contributed by atoms with van der Waals surface area (Å²) in [5.74, 6) is 0.977. The predicted molar refractivity (Wildman–Crippen MR) is 129 cm³/mol. The van der Waals surface area contributed by atoms with E-state index in [-0.39, 0.29) is 17.8 Å². The summed E-state index contributed by atoms with van der Waals surface area (Å²) in [7, 11) is 2.21. The first-order chi connectivity index (χ1) is 15.6. The number of benzene rings is 2. The Morgan fingerprint density at radius 3 is 2.55 bits per heavy atom. The average Bonchev–Trinajstić information content (AvgIpc) is 3.08. The molecular formula is C27H36FN3O2. The summed E-state index contributed by atoms with van der Waals surface area (Å²) in [5, 5.41) is 0. The Morgan fingerprint density at radius 2 is 1.88 bits per heavy atom. The third kappa shape index (κ3) is 5.39. The highest BCUT2D eigenvalue weighted by molar-refractivity contribution is 5.75. The summed E-state index contributed by atoms with van der Waals surface area (Å²) in [6, 6.07) is 13.9. The van der Waals surface area contributed by atoms with Crippen LogP contribution in [0.15, 0.2) is 42.5 Å². The molecule has 2 aliphatic rings. The number of carbonyl (C=O) groups is 1. The van der Waals surface area contributed by atoms with Gasteiger partial charge in [-0.2, -0.15) is 0 Å².